The topological polar surface area (TPSA) is 58.4 Å². The maximum atomic E-state index is 13.9. The summed E-state index contributed by atoms with van der Waals surface area (Å²) in [5, 5.41) is 2.18. The molecule has 0 saturated carbocycles. The largest absolute Gasteiger partial charge is 0.365 e. The average Bonchev–Trinajstić information content (AvgIpc) is 3.41. The molecule has 0 bridgehead atoms. The van der Waals surface area contributed by atoms with Crippen molar-refractivity contribution in [1.29, 1.82) is 0 Å². The Morgan fingerprint density at radius 3 is 2.18 bits per heavy atom. The fraction of sp³-hybridized carbons (Fsp3) is 0.233. The van der Waals surface area contributed by atoms with Crippen molar-refractivity contribution >= 4 is 63.1 Å². The van der Waals surface area contributed by atoms with Crippen molar-refractivity contribution < 1.29 is 4.79 Å². The summed E-state index contributed by atoms with van der Waals surface area (Å²) in [5.41, 5.74) is 4.52. The number of anilines is 2. The second kappa shape index (κ2) is 10.7. The number of pyridine rings is 2. The van der Waals surface area contributed by atoms with Crippen LogP contribution in [0.4, 0.5) is 11.4 Å². The minimum Gasteiger partial charge on any atom is -0.365 e. The monoisotopic (exact) mass is 580 g/mol. The zero-order chi connectivity index (χ0) is 28.0. The summed E-state index contributed by atoms with van der Waals surface area (Å²) in [6.45, 7) is 8.75. The first kappa shape index (κ1) is 27.3. The lowest BCUT2D eigenvalue weighted by atomic mass is 9.97. The summed E-state index contributed by atoms with van der Waals surface area (Å²) in [5.74, 6) is -0.240. The van der Waals surface area contributed by atoms with E-state index in [1.54, 1.807) is 42.8 Å². The molecule has 0 atom stereocenters. The Kier molecular flexibility index (Phi) is 7.47. The van der Waals surface area contributed by atoms with Crippen molar-refractivity contribution in [2.24, 2.45) is 7.05 Å². The van der Waals surface area contributed by atoms with Crippen LogP contribution in [0.5, 0.6) is 0 Å². The molecule has 0 unspecified atom stereocenters. The normalized spacial score (nSPS) is 13.2. The Morgan fingerprint density at radius 2 is 1.59 bits per heavy atom. The quantitative estimate of drug-likeness (QED) is 0.242. The minimum absolute atomic E-state index is 0.230. The van der Waals surface area contributed by atoms with E-state index >= 15 is 0 Å². The fourth-order valence-corrected chi connectivity index (χ4v) is 5.85. The number of aromatic nitrogens is 2. The second-order valence-corrected chi connectivity index (χ2v) is 11.0. The first-order chi connectivity index (χ1) is 18.6. The smallest absolute Gasteiger partial charge is 0.277 e. The van der Waals surface area contributed by atoms with E-state index in [1.165, 1.54) is 11.8 Å². The molecule has 9 heteroatoms. The van der Waals surface area contributed by atoms with Crippen molar-refractivity contribution in [2.45, 2.75) is 26.7 Å². The molecule has 1 fully saturated rings. The Labute approximate surface area is 242 Å². The van der Waals surface area contributed by atoms with Gasteiger partial charge in [-0.15, -0.1) is 0 Å². The van der Waals surface area contributed by atoms with Gasteiger partial charge in [-0.25, -0.2) is 4.98 Å². The summed E-state index contributed by atoms with van der Waals surface area (Å²) >= 11 is 19.1. The number of amides is 1. The van der Waals surface area contributed by atoms with Gasteiger partial charge in [-0.05, 0) is 61.7 Å². The third-order valence-corrected chi connectivity index (χ3v) is 7.79. The molecule has 4 aromatic rings. The van der Waals surface area contributed by atoms with Gasteiger partial charge in [0.25, 0.3) is 5.56 Å². The third kappa shape index (κ3) is 4.93. The lowest BCUT2D eigenvalue weighted by molar-refractivity contribution is -0.116. The number of hydrogen-bond acceptors (Lipinski definition) is 4. The highest BCUT2D eigenvalue weighted by Gasteiger charge is 2.30. The van der Waals surface area contributed by atoms with E-state index in [9.17, 15) is 9.59 Å². The van der Waals surface area contributed by atoms with Gasteiger partial charge in [0.2, 0.25) is 5.91 Å². The number of nitrogens with zero attached hydrogens (tertiary/aromatic N) is 4. The molecule has 0 spiro atoms. The third-order valence-electron chi connectivity index (χ3n) is 6.99. The summed E-state index contributed by atoms with van der Waals surface area (Å²) < 4.78 is 1.54. The molecule has 1 aliphatic heterocycles. The van der Waals surface area contributed by atoms with Crippen LogP contribution in [0, 0.1) is 0 Å². The van der Waals surface area contributed by atoms with Gasteiger partial charge < -0.3 is 4.90 Å². The highest BCUT2D eigenvalue weighted by molar-refractivity contribution is 6.36. The maximum absolute atomic E-state index is 13.9. The molecule has 1 amide bonds. The maximum Gasteiger partial charge on any atom is 0.277 e. The van der Waals surface area contributed by atoms with Crippen molar-refractivity contribution in [1.82, 2.24) is 9.55 Å². The predicted molar refractivity (Wildman–Crippen MR) is 162 cm³/mol. The zero-order valence-corrected chi connectivity index (χ0v) is 24.2. The number of halogens is 3. The first-order valence-corrected chi connectivity index (χ1v) is 13.7. The molecular weight excluding hydrogens is 555 g/mol. The summed E-state index contributed by atoms with van der Waals surface area (Å²) in [6.07, 6.45) is 1.94. The minimum atomic E-state index is -0.240. The molecule has 2 aromatic carbocycles. The molecule has 39 heavy (non-hydrogen) atoms. The van der Waals surface area contributed by atoms with Gasteiger partial charge in [0, 0.05) is 59.3 Å². The standard InChI is InChI=1S/C30H27Cl3N4O2/c1-17(2)37(18(3)38)27-24-16-23(19-7-9-20(31)10-8-19)26(22-12-11-21(32)15-25(22)33)34-29(24)35(4)30(39)28(27)36-13-5-6-14-36/h7-12,15-16H,1,5-6,13-14H2,2-4H3. The van der Waals surface area contributed by atoms with Gasteiger partial charge in [-0.2, -0.15) is 0 Å². The lowest BCUT2D eigenvalue weighted by Gasteiger charge is -2.30. The van der Waals surface area contributed by atoms with Gasteiger partial charge in [0.15, 0.2) is 0 Å². The molecule has 1 saturated heterocycles. The molecule has 5 rings (SSSR count). The highest BCUT2D eigenvalue weighted by Crippen LogP contribution is 2.43. The first-order valence-electron chi connectivity index (χ1n) is 12.6. The van der Waals surface area contributed by atoms with Gasteiger partial charge in [0.05, 0.1) is 16.4 Å². The summed E-state index contributed by atoms with van der Waals surface area (Å²) in [4.78, 5) is 35.6. The van der Waals surface area contributed by atoms with Gasteiger partial charge in [0.1, 0.15) is 11.3 Å². The van der Waals surface area contributed by atoms with Crippen LogP contribution in [-0.4, -0.2) is 28.5 Å². The Hall–Kier alpha value is -3.32. The molecule has 1 aliphatic rings. The van der Waals surface area contributed by atoms with Gasteiger partial charge in [-0.1, -0.05) is 53.5 Å². The highest BCUT2D eigenvalue weighted by atomic mass is 35.5. The Morgan fingerprint density at radius 1 is 0.949 bits per heavy atom. The van der Waals surface area contributed by atoms with Crippen LogP contribution in [0.25, 0.3) is 33.4 Å². The van der Waals surface area contributed by atoms with E-state index in [-0.39, 0.29) is 11.5 Å². The molecule has 6 nitrogen and oxygen atoms in total. The van der Waals surface area contributed by atoms with Crippen LogP contribution in [-0.2, 0) is 11.8 Å². The number of fused-ring (bicyclic) bond motifs is 1. The van der Waals surface area contributed by atoms with E-state index in [1.807, 2.05) is 24.3 Å². The van der Waals surface area contributed by atoms with Gasteiger partial charge in [-0.3, -0.25) is 19.1 Å². The number of rotatable bonds is 5. The van der Waals surface area contributed by atoms with Crippen molar-refractivity contribution in [3.8, 4) is 22.4 Å². The van der Waals surface area contributed by atoms with E-state index in [0.29, 0.717) is 54.4 Å². The Bertz CT molecular complexity index is 1680. The molecular formula is C30H27Cl3N4O2. The van der Waals surface area contributed by atoms with Crippen molar-refractivity contribution in [2.75, 3.05) is 22.9 Å². The molecule has 2 aromatic heterocycles. The number of benzene rings is 2. The average molecular weight is 582 g/mol. The van der Waals surface area contributed by atoms with Crippen molar-refractivity contribution in [3.05, 3.63) is 86.2 Å². The van der Waals surface area contributed by atoms with Crippen LogP contribution in [0.1, 0.15) is 26.7 Å². The van der Waals surface area contributed by atoms with Gasteiger partial charge >= 0.3 is 0 Å². The molecule has 0 aliphatic carbocycles. The van der Waals surface area contributed by atoms with Crippen LogP contribution in [0.2, 0.25) is 15.1 Å². The van der Waals surface area contributed by atoms with Crippen LogP contribution >= 0.6 is 34.8 Å². The molecule has 3 heterocycles. The number of carbonyl (C=O) groups is 1. The van der Waals surface area contributed by atoms with E-state index < -0.39 is 0 Å². The summed E-state index contributed by atoms with van der Waals surface area (Å²) in [7, 11) is 1.70. The Balaban J connectivity index is 1.97. The van der Waals surface area contributed by atoms with Crippen LogP contribution in [0.3, 0.4) is 0 Å². The number of hydrogen-bond donors (Lipinski definition) is 0. The molecule has 0 N–H and O–H groups in total. The van der Waals surface area contributed by atoms with Crippen molar-refractivity contribution in [3.63, 3.8) is 0 Å². The van der Waals surface area contributed by atoms with Crippen LogP contribution in [0.15, 0.2) is 65.6 Å². The van der Waals surface area contributed by atoms with Crippen LogP contribution < -0.4 is 15.4 Å². The molecule has 0 radical (unpaired) electrons. The second-order valence-electron chi connectivity index (χ2n) is 9.73. The number of carbonyl (C=O) groups excluding carboxylic acids is 1. The molecule has 200 valence electrons. The lowest BCUT2D eigenvalue weighted by Crippen LogP contribution is -2.35. The zero-order valence-electron chi connectivity index (χ0n) is 21.9. The van der Waals surface area contributed by atoms with E-state index in [0.717, 1.165) is 37.1 Å². The SMILES string of the molecule is C=C(C)N(C(C)=O)c1c(N2CCCC2)c(=O)n(C)c2nc(-c3ccc(Cl)cc3Cl)c(-c3ccc(Cl)cc3)cc12. The predicted octanol–water partition coefficient (Wildman–Crippen LogP) is 7.71. The number of allylic oxidation sites excluding steroid dienone is 1. The van der Waals surface area contributed by atoms with E-state index in [4.69, 9.17) is 39.8 Å². The fourth-order valence-electron chi connectivity index (χ4n) is 5.22. The summed E-state index contributed by atoms with van der Waals surface area (Å²) in [6, 6.07) is 14.6. The van der Waals surface area contributed by atoms with E-state index in [2.05, 4.69) is 11.5 Å². The number of aryl methyl sites for hydroxylation is 1.